The number of benzene rings is 1. The average molecular weight is 334 g/mol. The minimum atomic E-state index is 0.707. The Kier molecular flexibility index (Phi) is 4.44. The van der Waals surface area contributed by atoms with Crippen molar-refractivity contribution in [3.05, 3.63) is 71.5 Å². The van der Waals surface area contributed by atoms with Crippen LogP contribution in [0, 0.1) is 0 Å². The van der Waals surface area contributed by atoms with Crippen LogP contribution < -0.4 is 0 Å². The Morgan fingerprint density at radius 2 is 1.88 bits per heavy atom. The third kappa shape index (κ3) is 3.42. The van der Waals surface area contributed by atoms with Gasteiger partial charge in [-0.15, -0.1) is 11.3 Å². The lowest BCUT2D eigenvalue weighted by Crippen LogP contribution is -2.28. The van der Waals surface area contributed by atoms with Crippen LogP contribution in [0.5, 0.6) is 0 Å². The standard InChI is InChI=1S/C19H18N4S/c1-2-5-15(6-3-1)16-7-11-23(12-8-16)13-17-14-24-19(22-17)18-20-9-4-10-21-18/h1-7,9-10,14H,8,11-13H2. The molecule has 2 aromatic heterocycles. The van der Waals surface area contributed by atoms with Gasteiger partial charge in [0.25, 0.3) is 0 Å². The fourth-order valence-electron chi connectivity index (χ4n) is 2.89. The van der Waals surface area contributed by atoms with Crippen molar-refractivity contribution in [2.75, 3.05) is 13.1 Å². The quantitative estimate of drug-likeness (QED) is 0.726. The van der Waals surface area contributed by atoms with Gasteiger partial charge in [0.15, 0.2) is 10.8 Å². The van der Waals surface area contributed by atoms with Crippen molar-refractivity contribution in [2.24, 2.45) is 0 Å². The van der Waals surface area contributed by atoms with E-state index in [-0.39, 0.29) is 0 Å². The molecule has 0 bridgehead atoms. The van der Waals surface area contributed by atoms with E-state index < -0.39 is 0 Å². The molecule has 1 aliphatic heterocycles. The number of aromatic nitrogens is 3. The molecule has 0 saturated heterocycles. The number of hydrogen-bond donors (Lipinski definition) is 0. The van der Waals surface area contributed by atoms with Gasteiger partial charge >= 0.3 is 0 Å². The van der Waals surface area contributed by atoms with Crippen molar-refractivity contribution in [3.8, 4) is 10.8 Å². The second-order valence-corrected chi connectivity index (χ2v) is 6.65. The van der Waals surface area contributed by atoms with Crippen LogP contribution in [0.2, 0.25) is 0 Å². The molecule has 0 saturated carbocycles. The lowest BCUT2D eigenvalue weighted by molar-refractivity contribution is 0.291. The molecule has 3 heterocycles. The average Bonchev–Trinajstić information content (AvgIpc) is 3.12. The summed E-state index contributed by atoms with van der Waals surface area (Å²) < 4.78 is 0. The second kappa shape index (κ2) is 7.03. The van der Waals surface area contributed by atoms with E-state index in [1.807, 2.05) is 6.07 Å². The Morgan fingerprint density at radius 1 is 1.04 bits per heavy atom. The third-order valence-corrected chi connectivity index (χ3v) is 5.02. The summed E-state index contributed by atoms with van der Waals surface area (Å²) in [6, 6.07) is 12.5. The molecule has 0 atom stereocenters. The van der Waals surface area contributed by atoms with Crippen molar-refractivity contribution in [1.82, 2.24) is 19.9 Å². The first-order valence-corrected chi connectivity index (χ1v) is 8.95. The zero-order chi connectivity index (χ0) is 16.2. The zero-order valence-electron chi connectivity index (χ0n) is 13.3. The molecule has 4 nitrogen and oxygen atoms in total. The summed E-state index contributed by atoms with van der Waals surface area (Å²) >= 11 is 1.61. The molecule has 0 fully saturated rings. The van der Waals surface area contributed by atoms with Crippen LogP contribution in [0.4, 0.5) is 0 Å². The first-order chi connectivity index (χ1) is 11.9. The Hall–Kier alpha value is -2.37. The van der Waals surface area contributed by atoms with Gasteiger partial charge in [-0.05, 0) is 23.6 Å². The molecular weight excluding hydrogens is 316 g/mol. The highest BCUT2D eigenvalue weighted by Gasteiger charge is 2.15. The van der Waals surface area contributed by atoms with E-state index in [0.29, 0.717) is 5.82 Å². The Morgan fingerprint density at radius 3 is 2.62 bits per heavy atom. The lowest BCUT2D eigenvalue weighted by atomic mass is 9.99. The fourth-order valence-corrected chi connectivity index (χ4v) is 3.65. The maximum Gasteiger partial charge on any atom is 0.188 e. The minimum Gasteiger partial charge on any atom is -0.293 e. The second-order valence-electron chi connectivity index (χ2n) is 5.80. The minimum absolute atomic E-state index is 0.707. The van der Waals surface area contributed by atoms with Gasteiger partial charge in [-0.3, -0.25) is 4.90 Å². The highest BCUT2D eigenvalue weighted by molar-refractivity contribution is 7.13. The van der Waals surface area contributed by atoms with E-state index in [1.54, 1.807) is 23.7 Å². The largest absolute Gasteiger partial charge is 0.293 e. The highest BCUT2D eigenvalue weighted by atomic mass is 32.1. The van der Waals surface area contributed by atoms with E-state index in [4.69, 9.17) is 0 Å². The normalized spacial score (nSPS) is 15.2. The predicted octanol–water partition coefficient (Wildman–Crippen LogP) is 3.89. The lowest BCUT2D eigenvalue weighted by Gasteiger charge is -2.25. The van der Waals surface area contributed by atoms with Gasteiger partial charge in [-0.2, -0.15) is 0 Å². The fraction of sp³-hybridized carbons (Fsp3) is 0.211. The van der Waals surface area contributed by atoms with Gasteiger partial charge in [0.05, 0.1) is 5.69 Å². The number of hydrogen-bond acceptors (Lipinski definition) is 5. The predicted molar refractivity (Wildman–Crippen MR) is 97.5 cm³/mol. The van der Waals surface area contributed by atoms with Crippen molar-refractivity contribution in [1.29, 1.82) is 0 Å². The van der Waals surface area contributed by atoms with Gasteiger partial charge in [-0.1, -0.05) is 36.4 Å². The van der Waals surface area contributed by atoms with E-state index in [0.717, 1.165) is 36.8 Å². The maximum absolute atomic E-state index is 4.68. The summed E-state index contributed by atoms with van der Waals surface area (Å²) in [7, 11) is 0. The van der Waals surface area contributed by atoms with Crippen LogP contribution >= 0.6 is 11.3 Å². The van der Waals surface area contributed by atoms with E-state index in [9.17, 15) is 0 Å². The summed E-state index contributed by atoms with van der Waals surface area (Å²) in [4.78, 5) is 15.6. The molecule has 1 aliphatic rings. The molecule has 0 spiro atoms. The molecule has 1 aromatic carbocycles. The smallest absolute Gasteiger partial charge is 0.188 e. The van der Waals surface area contributed by atoms with Gasteiger partial charge in [-0.25, -0.2) is 15.0 Å². The van der Waals surface area contributed by atoms with E-state index >= 15 is 0 Å². The summed E-state index contributed by atoms with van der Waals surface area (Å²) in [5, 5.41) is 3.00. The summed E-state index contributed by atoms with van der Waals surface area (Å²) in [6.45, 7) is 2.91. The van der Waals surface area contributed by atoms with Crippen LogP contribution in [0.3, 0.4) is 0 Å². The number of rotatable bonds is 4. The number of nitrogens with zero attached hydrogens (tertiary/aromatic N) is 4. The van der Waals surface area contributed by atoms with E-state index in [2.05, 4.69) is 61.6 Å². The molecular formula is C19H18N4S. The van der Waals surface area contributed by atoms with Crippen molar-refractivity contribution in [2.45, 2.75) is 13.0 Å². The molecule has 120 valence electrons. The van der Waals surface area contributed by atoms with Gasteiger partial charge in [0.2, 0.25) is 0 Å². The van der Waals surface area contributed by atoms with Crippen LogP contribution in [-0.4, -0.2) is 32.9 Å². The Bertz CT molecular complexity index is 827. The van der Waals surface area contributed by atoms with Gasteiger partial charge in [0.1, 0.15) is 0 Å². The molecule has 4 rings (SSSR count). The zero-order valence-corrected chi connectivity index (χ0v) is 14.1. The van der Waals surface area contributed by atoms with Crippen LogP contribution in [0.15, 0.2) is 60.2 Å². The first-order valence-electron chi connectivity index (χ1n) is 8.07. The summed E-state index contributed by atoms with van der Waals surface area (Å²) in [5.74, 6) is 0.707. The third-order valence-electron chi connectivity index (χ3n) is 4.13. The molecule has 0 amide bonds. The van der Waals surface area contributed by atoms with Crippen molar-refractivity contribution < 1.29 is 0 Å². The molecule has 24 heavy (non-hydrogen) atoms. The number of thiazole rings is 1. The molecule has 5 heteroatoms. The highest BCUT2D eigenvalue weighted by Crippen LogP contribution is 2.24. The monoisotopic (exact) mass is 334 g/mol. The Labute approximate surface area is 145 Å². The molecule has 0 unspecified atom stereocenters. The molecule has 0 aliphatic carbocycles. The summed E-state index contributed by atoms with van der Waals surface area (Å²) in [5.41, 5.74) is 3.89. The van der Waals surface area contributed by atoms with E-state index in [1.165, 1.54) is 11.1 Å². The van der Waals surface area contributed by atoms with Crippen LogP contribution in [0.1, 0.15) is 17.7 Å². The Balaban J connectivity index is 1.41. The van der Waals surface area contributed by atoms with Crippen LogP contribution in [-0.2, 0) is 6.54 Å². The van der Waals surface area contributed by atoms with Crippen molar-refractivity contribution in [3.63, 3.8) is 0 Å². The molecule has 0 N–H and O–H groups in total. The van der Waals surface area contributed by atoms with Crippen molar-refractivity contribution >= 4 is 16.9 Å². The SMILES string of the molecule is C1=C(c2ccccc2)CCN(Cc2csc(-c3ncccn3)n2)C1. The molecule has 0 radical (unpaired) electrons. The topological polar surface area (TPSA) is 41.9 Å². The van der Waals surface area contributed by atoms with Crippen LogP contribution in [0.25, 0.3) is 16.4 Å². The first kappa shape index (κ1) is 15.2. The van der Waals surface area contributed by atoms with Gasteiger partial charge < -0.3 is 0 Å². The maximum atomic E-state index is 4.68. The summed E-state index contributed by atoms with van der Waals surface area (Å²) in [6.07, 6.45) is 6.93. The molecule has 3 aromatic rings. The van der Waals surface area contributed by atoms with Gasteiger partial charge in [0, 0.05) is 37.4 Å².